The van der Waals surface area contributed by atoms with Gasteiger partial charge in [-0.3, -0.25) is 4.79 Å². The van der Waals surface area contributed by atoms with Crippen molar-refractivity contribution in [3.05, 3.63) is 59.2 Å². The zero-order chi connectivity index (χ0) is 15.5. The van der Waals surface area contributed by atoms with Crippen LogP contribution in [0, 0.1) is 11.6 Å². The molecule has 0 fully saturated rings. The van der Waals surface area contributed by atoms with Gasteiger partial charge in [0.2, 0.25) is 6.79 Å². The number of nitrogens with zero attached hydrogens (tertiary/aromatic N) is 1. The number of rotatable bonds is 3. The maximum atomic E-state index is 13.4. The summed E-state index contributed by atoms with van der Waals surface area (Å²) in [5, 5.41) is 3.56. The van der Waals surface area contributed by atoms with E-state index in [1.165, 1.54) is 18.2 Å². The van der Waals surface area contributed by atoms with E-state index >= 15 is 0 Å². The second-order valence-electron chi connectivity index (χ2n) is 4.40. The standard InChI is InChI=1S/C15H10F2N2O3/c16-11-2-1-3-12(17)10(11)7-18-19-15(20)9-4-5-13-14(6-9)22-8-21-13/h1-7H,8H2,(H,19,20). The van der Waals surface area contributed by atoms with E-state index < -0.39 is 17.5 Å². The number of hydrogen-bond acceptors (Lipinski definition) is 4. The van der Waals surface area contributed by atoms with E-state index in [2.05, 4.69) is 10.5 Å². The number of benzene rings is 2. The van der Waals surface area contributed by atoms with Crippen molar-refractivity contribution in [1.82, 2.24) is 5.43 Å². The highest BCUT2D eigenvalue weighted by atomic mass is 19.1. The lowest BCUT2D eigenvalue weighted by molar-refractivity contribution is 0.0954. The van der Waals surface area contributed by atoms with Crippen molar-refractivity contribution in [1.29, 1.82) is 0 Å². The van der Waals surface area contributed by atoms with E-state index in [-0.39, 0.29) is 17.9 Å². The van der Waals surface area contributed by atoms with Gasteiger partial charge in [-0.1, -0.05) is 6.07 Å². The van der Waals surface area contributed by atoms with Gasteiger partial charge in [0, 0.05) is 5.56 Å². The Morgan fingerprint density at radius 2 is 1.86 bits per heavy atom. The molecule has 0 bridgehead atoms. The largest absolute Gasteiger partial charge is 0.454 e. The van der Waals surface area contributed by atoms with Crippen LogP contribution in [-0.4, -0.2) is 18.9 Å². The third-order valence-electron chi connectivity index (χ3n) is 2.99. The lowest BCUT2D eigenvalue weighted by Gasteiger charge is -2.02. The van der Waals surface area contributed by atoms with E-state index in [0.29, 0.717) is 11.5 Å². The Bertz CT molecular complexity index is 742. The molecule has 0 saturated carbocycles. The summed E-state index contributed by atoms with van der Waals surface area (Å²) in [7, 11) is 0. The van der Waals surface area contributed by atoms with Crippen LogP contribution < -0.4 is 14.9 Å². The van der Waals surface area contributed by atoms with E-state index in [1.807, 2.05) is 0 Å². The van der Waals surface area contributed by atoms with E-state index in [4.69, 9.17) is 9.47 Å². The number of hydrogen-bond donors (Lipinski definition) is 1. The summed E-state index contributed by atoms with van der Waals surface area (Å²) in [5.74, 6) is -1.06. The third-order valence-corrected chi connectivity index (χ3v) is 2.99. The van der Waals surface area contributed by atoms with Crippen molar-refractivity contribution in [2.45, 2.75) is 0 Å². The second-order valence-corrected chi connectivity index (χ2v) is 4.40. The number of hydrazone groups is 1. The maximum absolute atomic E-state index is 13.4. The third kappa shape index (κ3) is 2.73. The van der Waals surface area contributed by atoms with Crippen molar-refractivity contribution >= 4 is 12.1 Å². The summed E-state index contributed by atoms with van der Waals surface area (Å²) in [6.07, 6.45) is 0.912. The van der Waals surface area contributed by atoms with Gasteiger partial charge in [0.15, 0.2) is 11.5 Å². The lowest BCUT2D eigenvalue weighted by atomic mass is 10.2. The molecule has 1 N–H and O–H groups in total. The summed E-state index contributed by atoms with van der Waals surface area (Å²) in [4.78, 5) is 11.9. The lowest BCUT2D eigenvalue weighted by Crippen LogP contribution is -2.17. The number of carbonyl (C=O) groups is 1. The Morgan fingerprint density at radius 1 is 1.14 bits per heavy atom. The van der Waals surface area contributed by atoms with Crippen molar-refractivity contribution < 1.29 is 23.0 Å². The van der Waals surface area contributed by atoms with Gasteiger partial charge in [-0.15, -0.1) is 0 Å². The van der Waals surface area contributed by atoms with Gasteiger partial charge in [0.25, 0.3) is 5.91 Å². The van der Waals surface area contributed by atoms with Crippen LogP contribution in [0.2, 0.25) is 0 Å². The molecule has 1 aliphatic heterocycles. The number of nitrogens with one attached hydrogen (secondary N) is 1. The van der Waals surface area contributed by atoms with Gasteiger partial charge in [-0.25, -0.2) is 14.2 Å². The molecule has 0 aliphatic carbocycles. The monoisotopic (exact) mass is 304 g/mol. The van der Waals surface area contributed by atoms with Crippen LogP contribution in [0.15, 0.2) is 41.5 Å². The van der Waals surface area contributed by atoms with Gasteiger partial charge in [-0.2, -0.15) is 5.10 Å². The first-order valence-corrected chi connectivity index (χ1v) is 6.32. The number of amides is 1. The average molecular weight is 304 g/mol. The van der Waals surface area contributed by atoms with Crippen molar-refractivity contribution in [2.75, 3.05) is 6.79 Å². The SMILES string of the molecule is O=C(NN=Cc1c(F)cccc1F)c1ccc2c(c1)OCO2. The number of ether oxygens (including phenoxy) is 2. The zero-order valence-corrected chi connectivity index (χ0v) is 11.2. The average Bonchev–Trinajstić information content (AvgIpc) is 2.97. The highest BCUT2D eigenvalue weighted by molar-refractivity contribution is 5.95. The highest BCUT2D eigenvalue weighted by Crippen LogP contribution is 2.32. The molecule has 1 heterocycles. The number of carbonyl (C=O) groups excluding carboxylic acids is 1. The molecule has 7 heteroatoms. The van der Waals surface area contributed by atoms with Crippen LogP contribution >= 0.6 is 0 Å². The molecular formula is C15H10F2N2O3. The molecule has 0 unspecified atom stereocenters. The van der Waals surface area contributed by atoms with Gasteiger partial charge in [-0.05, 0) is 30.3 Å². The van der Waals surface area contributed by atoms with Gasteiger partial charge >= 0.3 is 0 Å². The minimum Gasteiger partial charge on any atom is -0.454 e. The van der Waals surface area contributed by atoms with Crippen LogP contribution in [-0.2, 0) is 0 Å². The van der Waals surface area contributed by atoms with Crippen LogP contribution in [0.5, 0.6) is 11.5 Å². The minimum atomic E-state index is -0.763. The van der Waals surface area contributed by atoms with Gasteiger partial charge in [0.05, 0.1) is 11.8 Å². The van der Waals surface area contributed by atoms with Crippen molar-refractivity contribution in [2.24, 2.45) is 5.10 Å². The van der Waals surface area contributed by atoms with E-state index in [1.54, 1.807) is 6.07 Å². The van der Waals surface area contributed by atoms with E-state index in [0.717, 1.165) is 18.3 Å². The smallest absolute Gasteiger partial charge is 0.271 e. The summed E-state index contributed by atoms with van der Waals surface area (Å²) in [5.41, 5.74) is 2.16. The summed E-state index contributed by atoms with van der Waals surface area (Å²) < 4.78 is 37.0. The van der Waals surface area contributed by atoms with Gasteiger partial charge < -0.3 is 9.47 Å². The molecule has 22 heavy (non-hydrogen) atoms. The van der Waals surface area contributed by atoms with Crippen LogP contribution in [0.1, 0.15) is 15.9 Å². The van der Waals surface area contributed by atoms with Crippen molar-refractivity contribution in [3.8, 4) is 11.5 Å². The Hall–Kier alpha value is -2.96. The molecule has 0 radical (unpaired) electrons. The van der Waals surface area contributed by atoms with Crippen LogP contribution in [0.25, 0.3) is 0 Å². The summed E-state index contributed by atoms with van der Waals surface area (Å²) in [6, 6.07) is 8.07. The zero-order valence-electron chi connectivity index (χ0n) is 11.2. The fraction of sp³-hybridized carbons (Fsp3) is 0.0667. The molecule has 112 valence electrons. The summed E-state index contributed by atoms with van der Waals surface area (Å²) in [6.45, 7) is 0.102. The van der Waals surface area contributed by atoms with Gasteiger partial charge in [0.1, 0.15) is 11.6 Å². The van der Waals surface area contributed by atoms with Crippen molar-refractivity contribution in [3.63, 3.8) is 0 Å². The molecule has 0 saturated heterocycles. The molecule has 2 aromatic carbocycles. The Balaban J connectivity index is 1.71. The topological polar surface area (TPSA) is 59.9 Å². The second kappa shape index (κ2) is 5.80. The first-order valence-electron chi connectivity index (χ1n) is 6.32. The van der Waals surface area contributed by atoms with Crippen LogP contribution in [0.3, 0.4) is 0 Å². The fourth-order valence-corrected chi connectivity index (χ4v) is 1.89. The minimum absolute atomic E-state index is 0.102. The predicted octanol–water partition coefficient (Wildman–Crippen LogP) is 2.46. The molecule has 1 aliphatic rings. The Morgan fingerprint density at radius 3 is 2.64 bits per heavy atom. The highest BCUT2D eigenvalue weighted by Gasteiger charge is 2.16. The molecule has 0 spiro atoms. The normalized spacial score (nSPS) is 12.6. The first-order chi connectivity index (χ1) is 10.6. The number of fused-ring (bicyclic) bond motifs is 1. The maximum Gasteiger partial charge on any atom is 0.271 e. The number of halogens is 2. The molecule has 0 aromatic heterocycles. The van der Waals surface area contributed by atoms with E-state index in [9.17, 15) is 13.6 Å². The Labute approximate surface area is 124 Å². The Kier molecular flexibility index (Phi) is 3.69. The molecular weight excluding hydrogens is 294 g/mol. The quantitative estimate of drug-likeness (QED) is 0.700. The molecule has 2 aromatic rings. The molecule has 1 amide bonds. The molecule has 0 atom stereocenters. The summed E-state index contributed by atoms with van der Waals surface area (Å²) >= 11 is 0. The fourth-order valence-electron chi connectivity index (χ4n) is 1.89. The molecule has 3 rings (SSSR count). The molecule has 5 nitrogen and oxygen atoms in total. The predicted molar refractivity (Wildman–Crippen MR) is 74.0 cm³/mol. The first kappa shape index (κ1) is 14.0. The van der Waals surface area contributed by atoms with Crippen LogP contribution in [0.4, 0.5) is 8.78 Å².